The maximum atomic E-state index is 13.1. The minimum absolute atomic E-state index is 0.0768. The monoisotopic (exact) mass is 343 g/mol. The summed E-state index contributed by atoms with van der Waals surface area (Å²) in [4.78, 5) is 16.1. The van der Waals surface area contributed by atoms with Gasteiger partial charge in [-0.15, -0.1) is 0 Å². The number of hydrogen-bond donors (Lipinski definition) is 3. The molecule has 3 aromatic rings. The molecule has 3 N–H and O–H groups in total. The minimum atomic E-state index is -0.367. The quantitative estimate of drug-likeness (QED) is 0.664. The number of ether oxygens (including phenoxy) is 1. The maximum Gasteiger partial charge on any atom is 0.320 e. The van der Waals surface area contributed by atoms with Crippen molar-refractivity contribution in [1.29, 1.82) is 0 Å². The first-order valence-corrected chi connectivity index (χ1v) is 7.74. The molecular formula is C17H18FN5O2. The molecule has 0 aliphatic rings. The van der Waals surface area contributed by atoms with Crippen molar-refractivity contribution >= 4 is 22.8 Å². The molecule has 1 aromatic carbocycles. The summed E-state index contributed by atoms with van der Waals surface area (Å²) >= 11 is 0. The molecule has 7 nitrogen and oxygen atoms in total. The van der Waals surface area contributed by atoms with E-state index in [1.165, 1.54) is 12.1 Å². The van der Waals surface area contributed by atoms with Gasteiger partial charge in [0.2, 0.25) is 0 Å². The second kappa shape index (κ2) is 7.27. The molecule has 0 bridgehead atoms. The van der Waals surface area contributed by atoms with E-state index >= 15 is 0 Å². The summed E-state index contributed by atoms with van der Waals surface area (Å²) in [5.74, 6) is 0.0892. The number of fused-ring (bicyclic) bond motifs is 1. The van der Waals surface area contributed by atoms with Crippen LogP contribution in [0.5, 0.6) is 0 Å². The number of hydrogen-bond acceptors (Lipinski definition) is 4. The fourth-order valence-electron chi connectivity index (χ4n) is 2.29. The van der Waals surface area contributed by atoms with Gasteiger partial charge in [0.25, 0.3) is 0 Å². The highest BCUT2D eigenvalue weighted by Gasteiger charge is 2.11. The number of methoxy groups -OCH3 is 1. The van der Waals surface area contributed by atoms with Crippen LogP contribution in [-0.2, 0) is 4.74 Å². The zero-order chi connectivity index (χ0) is 17.8. The van der Waals surface area contributed by atoms with Crippen molar-refractivity contribution in [2.75, 3.05) is 19.0 Å². The molecule has 0 radical (unpaired) electrons. The van der Waals surface area contributed by atoms with Gasteiger partial charge in [-0.05, 0) is 31.2 Å². The summed E-state index contributed by atoms with van der Waals surface area (Å²) in [5.41, 5.74) is 2.17. The van der Waals surface area contributed by atoms with E-state index < -0.39 is 0 Å². The summed E-state index contributed by atoms with van der Waals surface area (Å²) in [5, 5.41) is 13.3. The van der Waals surface area contributed by atoms with Crippen molar-refractivity contribution < 1.29 is 13.9 Å². The Morgan fingerprint density at radius 2 is 2.12 bits per heavy atom. The summed E-state index contributed by atoms with van der Waals surface area (Å²) in [6.45, 7) is 2.25. The highest BCUT2D eigenvalue weighted by molar-refractivity contribution is 5.95. The van der Waals surface area contributed by atoms with Gasteiger partial charge < -0.3 is 10.1 Å². The molecule has 0 unspecified atom stereocenters. The normalized spacial score (nSPS) is 12.1. The van der Waals surface area contributed by atoms with Gasteiger partial charge in [0.1, 0.15) is 17.3 Å². The molecule has 2 aromatic heterocycles. The largest absolute Gasteiger partial charge is 0.380 e. The van der Waals surface area contributed by atoms with Crippen LogP contribution in [0.2, 0.25) is 0 Å². The number of carbonyl (C=O) groups is 1. The number of H-pyrrole nitrogens is 1. The van der Waals surface area contributed by atoms with E-state index in [1.54, 1.807) is 31.5 Å². The number of rotatable bonds is 5. The van der Waals surface area contributed by atoms with Gasteiger partial charge in [0.05, 0.1) is 11.6 Å². The standard InChI is InChI=1S/C17H18FN5O2/c1-10(25-2)8-20-17(24)21-15-7-14-13(9-19-15)16(23-22-14)11-3-5-12(18)6-4-11/h3-7,9-10H,8H2,1-2H3,(H,22,23)(H2,19,20,21,24)/t10-/m0/s1. The van der Waals surface area contributed by atoms with Gasteiger partial charge in [-0.25, -0.2) is 14.2 Å². The lowest BCUT2D eigenvalue weighted by Gasteiger charge is -2.11. The number of aromatic amines is 1. The lowest BCUT2D eigenvalue weighted by Crippen LogP contribution is -2.35. The van der Waals surface area contributed by atoms with Crippen molar-refractivity contribution in [1.82, 2.24) is 20.5 Å². The lowest BCUT2D eigenvalue weighted by molar-refractivity contribution is 0.119. The molecule has 1 atom stereocenters. The van der Waals surface area contributed by atoms with E-state index in [9.17, 15) is 9.18 Å². The number of nitrogens with zero attached hydrogens (tertiary/aromatic N) is 2. The van der Waals surface area contributed by atoms with Gasteiger partial charge in [-0.2, -0.15) is 5.10 Å². The number of halogens is 1. The number of nitrogens with one attached hydrogen (secondary N) is 3. The first-order chi connectivity index (χ1) is 12.1. The Balaban J connectivity index is 1.75. The number of urea groups is 1. The molecule has 0 saturated carbocycles. The number of pyridine rings is 1. The fourth-order valence-corrected chi connectivity index (χ4v) is 2.29. The third-order valence-corrected chi connectivity index (χ3v) is 3.76. The summed E-state index contributed by atoms with van der Waals surface area (Å²) in [6, 6.07) is 7.39. The Hall–Kier alpha value is -3.00. The Morgan fingerprint density at radius 1 is 1.36 bits per heavy atom. The van der Waals surface area contributed by atoms with E-state index in [0.717, 1.165) is 16.5 Å². The van der Waals surface area contributed by atoms with Crippen LogP contribution in [0.1, 0.15) is 6.92 Å². The first kappa shape index (κ1) is 16.8. The second-order valence-corrected chi connectivity index (χ2v) is 5.58. The summed E-state index contributed by atoms with van der Waals surface area (Å²) in [7, 11) is 1.58. The topological polar surface area (TPSA) is 91.9 Å². The third kappa shape index (κ3) is 3.92. The average molecular weight is 343 g/mol. The Labute approximate surface area is 143 Å². The molecule has 0 aliphatic carbocycles. The Kier molecular flexibility index (Phi) is 4.90. The Morgan fingerprint density at radius 3 is 2.84 bits per heavy atom. The number of amides is 2. The van der Waals surface area contributed by atoms with Crippen LogP contribution in [-0.4, -0.2) is 41.0 Å². The third-order valence-electron chi connectivity index (χ3n) is 3.76. The zero-order valence-electron chi connectivity index (χ0n) is 13.8. The predicted molar refractivity (Wildman–Crippen MR) is 92.8 cm³/mol. The highest BCUT2D eigenvalue weighted by atomic mass is 19.1. The molecule has 2 heterocycles. The molecule has 0 spiro atoms. The zero-order valence-corrected chi connectivity index (χ0v) is 13.8. The Bertz CT molecular complexity index is 878. The highest BCUT2D eigenvalue weighted by Crippen LogP contribution is 2.26. The average Bonchev–Trinajstić information content (AvgIpc) is 3.03. The number of benzene rings is 1. The molecule has 8 heteroatoms. The molecule has 3 rings (SSSR count). The molecule has 0 fully saturated rings. The van der Waals surface area contributed by atoms with E-state index in [2.05, 4.69) is 25.8 Å². The van der Waals surface area contributed by atoms with Crippen molar-refractivity contribution in [3.63, 3.8) is 0 Å². The number of aromatic nitrogens is 3. The van der Waals surface area contributed by atoms with Crippen molar-refractivity contribution in [2.24, 2.45) is 0 Å². The van der Waals surface area contributed by atoms with Gasteiger partial charge >= 0.3 is 6.03 Å². The maximum absolute atomic E-state index is 13.1. The summed E-state index contributed by atoms with van der Waals surface area (Å²) < 4.78 is 18.1. The van der Waals surface area contributed by atoms with Gasteiger partial charge in [0, 0.05) is 36.9 Å². The molecule has 0 saturated heterocycles. The number of carbonyl (C=O) groups excluding carboxylic acids is 1. The van der Waals surface area contributed by atoms with Crippen LogP contribution in [0, 0.1) is 5.82 Å². The van der Waals surface area contributed by atoms with Crippen LogP contribution < -0.4 is 10.6 Å². The van der Waals surface area contributed by atoms with Crippen LogP contribution in [0.3, 0.4) is 0 Å². The fraction of sp³-hybridized carbons (Fsp3) is 0.235. The molecule has 2 amide bonds. The number of anilines is 1. The van der Waals surface area contributed by atoms with Crippen LogP contribution in [0.15, 0.2) is 36.5 Å². The predicted octanol–water partition coefficient (Wildman–Crippen LogP) is 2.92. The second-order valence-electron chi connectivity index (χ2n) is 5.58. The first-order valence-electron chi connectivity index (χ1n) is 7.74. The SMILES string of the molecule is CO[C@@H](C)CNC(=O)Nc1cc2[nH]nc(-c3ccc(F)cc3)c2cn1. The molecule has 25 heavy (non-hydrogen) atoms. The van der Waals surface area contributed by atoms with E-state index in [4.69, 9.17) is 4.74 Å². The minimum Gasteiger partial charge on any atom is -0.380 e. The smallest absolute Gasteiger partial charge is 0.320 e. The summed E-state index contributed by atoms with van der Waals surface area (Å²) in [6.07, 6.45) is 1.54. The van der Waals surface area contributed by atoms with Gasteiger partial charge in [0.15, 0.2) is 0 Å². The van der Waals surface area contributed by atoms with Crippen molar-refractivity contribution in [2.45, 2.75) is 13.0 Å². The van der Waals surface area contributed by atoms with Crippen LogP contribution in [0.25, 0.3) is 22.2 Å². The lowest BCUT2D eigenvalue weighted by atomic mass is 10.1. The van der Waals surface area contributed by atoms with E-state index in [-0.39, 0.29) is 18.0 Å². The van der Waals surface area contributed by atoms with Crippen molar-refractivity contribution in [3.8, 4) is 11.3 Å². The van der Waals surface area contributed by atoms with E-state index in [0.29, 0.717) is 18.1 Å². The van der Waals surface area contributed by atoms with Crippen LogP contribution in [0.4, 0.5) is 15.0 Å². The van der Waals surface area contributed by atoms with Gasteiger partial charge in [-0.1, -0.05) is 0 Å². The molecular weight excluding hydrogens is 325 g/mol. The van der Waals surface area contributed by atoms with Crippen LogP contribution >= 0.6 is 0 Å². The van der Waals surface area contributed by atoms with Gasteiger partial charge in [-0.3, -0.25) is 10.4 Å². The van der Waals surface area contributed by atoms with E-state index in [1.807, 2.05) is 6.92 Å². The molecule has 130 valence electrons. The molecule has 0 aliphatic heterocycles. The van der Waals surface area contributed by atoms with Crippen molar-refractivity contribution in [3.05, 3.63) is 42.3 Å².